The number of hydrogen-bond donors (Lipinski definition) is 1. The second-order valence-corrected chi connectivity index (χ2v) is 5.23. The number of carbonyl (C=O) groups excluding carboxylic acids is 1. The lowest BCUT2D eigenvalue weighted by atomic mass is 10.0. The monoisotopic (exact) mass is 256 g/mol. The third-order valence-electron chi connectivity index (χ3n) is 3.65. The molecule has 0 aromatic heterocycles. The highest BCUT2D eigenvalue weighted by molar-refractivity contribution is 5.82. The van der Waals surface area contributed by atoms with E-state index in [1.54, 1.807) is 14.2 Å². The van der Waals surface area contributed by atoms with Gasteiger partial charge in [-0.05, 0) is 25.7 Å². The molecule has 18 heavy (non-hydrogen) atoms. The Bertz CT molecular complexity index is 281. The van der Waals surface area contributed by atoms with Crippen LogP contribution in [0.4, 0.5) is 0 Å². The smallest absolute Gasteiger partial charge is 0.239 e. The maximum absolute atomic E-state index is 12.3. The van der Waals surface area contributed by atoms with E-state index >= 15 is 0 Å². The minimum Gasteiger partial charge on any atom is -0.382 e. The zero-order chi connectivity index (χ0) is 13.0. The fraction of sp³-hybridized carbons (Fsp3) is 0.923. The molecule has 2 rings (SSSR count). The van der Waals surface area contributed by atoms with Crippen LogP contribution in [0.2, 0.25) is 0 Å². The topological polar surface area (TPSA) is 50.8 Å². The average molecular weight is 256 g/mol. The van der Waals surface area contributed by atoms with Gasteiger partial charge in [-0.3, -0.25) is 4.79 Å². The van der Waals surface area contributed by atoms with Gasteiger partial charge in [-0.2, -0.15) is 0 Å². The van der Waals surface area contributed by atoms with Gasteiger partial charge in [-0.1, -0.05) is 0 Å². The molecule has 1 N–H and O–H groups in total. The predicted molar refractivity (Wildman–Crippen MR) is 68.4 cm³/mol. The number of likely N-dealkylation sites (tertiary alicyclic amines) is 1. The van der Waals surface area contributed by atoms with Crippen LogP contribution in [0.25, 0.3) is 0 Å². The van der Waals surface area contributed by atoms with Crippen LogP contribution in [0, 0.1) is 0 Å². The summed E-state index contributed by atoms with van der Waals surface area (Å²) in [6.45, 7) is 2.00. The van der Waals surface area contributed by atoms with Crippen molar-refractivity contribution in [3.05, 3.63) is 0 Å². The second kappa shape index (κ2) is 6.50. The van der Waals surface area contributed by atoms with E-state index in [1.165, 1.54) is 12.8 Å². The summed E-state index contributed by atoms with van der Waals surface area (Å²) in [7, 11) is 3.32. The van der Waals surface area contributed by atoms with Crippen molar-refractivity contribution in [2.75, 3.05) is 33.9 Å². The molecule has 1 aliphatic heterocycles. The highest BCUT2D eigenvalue weighted by Gasteiger charge is 2.34. The third-order valence-corrected chi connectivity index (χ3v) is 3.65. The largest absolute Gasteiger partial charge is 0.382 e. The van der Waals surface area contributed by atoms with Crippen molar-refractivity contribution in [1.29, 1.82) is 0 Å². The van der Waals surface area contributed by atoms with Crippen LogP contribution in [0.15, 0.2) is 0 Å². The first kappa shape index (κ1) is 13.8. The van der Waals surface area contributed by atoms with E-state index in [9.17, 15) is 4.79 Å². The maximum Gasteiger partial charge on any atom is 0.239 e. The molecule has 5 heteroatoms. The molecular weight excluding hydrogens is 232 g/mol. The van der Waals surface area contributed by atoms with Gasteiger partial charge in [0.05, 0.1) is 18.8 Å². The normalized spacial score (nSPS) is 26.4. The van der Waals surface area contributed by atoms with Gasteiger partial charge in [0.2, 0.25) is 5.91 Å². The molecule has 1 saturated carbocycles. The van der Waals surface area contributed by atoms with E-state index in [0.717, 1.165) is 19.4 Å². The van der Waals surface area contributed by atoms with Crippen molar-refractivity contribution < 1.29 is 14.3 Å². The van der Waals surface area contributed by atoms with E-state index in [2.05, 4.69) is 5.32 Å². The van der Waals surface area contributed by atoms with E-state index < -0.39 is 0 Å². The molecule has 1 aliphatic carbocycles. The summed E-state index contributed by atoms with van der Waals surface area (Å²) in [5, 5.41) is 3.43. The number of nitrogens with one attached hydrogen (secondary N) is 1. The van der Waals surface area contributed by atoms with Gasteiger partial charge in [0.25, 0.3) is 0 Å². The average Bonchev–Trinajstić information content (AvgIpc) is 3.17. The number of nitrogens with zero attached hydrogens (tertiary/aromatic N) is 1. The molecule has 104 valence electrons. The molecule has 5 nitrogen and oxygen atoms in total. The Kier molecular flexibility index (Phi) is 4.97. The summed E-state index contributed by atoms with van der Waals surface area (Å²) in [6, 6.07) is 0.599. The van der Waals surface area contributed by atoms with Gasteiger partial charge >= 0.3 is 0 Å². The molecule has 2 aliphatic rings. The number of rotatable bonds is 7. The second-order valence-electron chi connectivity index (χ2n) is 5.23. The molecule has 1 amide bonds. The number of ether oxygens (including phenoxy) is 2. The van der Waals surface area contributed by atoms with Gasteiger partial charge in [0, 0.05) is 33.4 Å². The molecule has 2 unspecified atom stereocenters. The molecule has 0 radical (unpaired) electrons. The number of carbonyl (C=O) groups is 1. The first-order chi connectivity index (χ1) is 8.74. The van der Waals surface area contributed by atoms with Gasteiger partial charge in [0.1, 0.15) is 0 Å². The quantitative estimate of drug-likeness (QED) is 0.716. The van der Waals surface area contributed by atoms with Crippen LogP contribution in [-0.4, -0.2) is 62.9 Å². The summed E-state index contributed by atoms with van der Waals surface area (Å²) < 4.78 is 10.4. The zero-order valence-electron chi connectivity index (χ0n) is 11.4. The minimum absolute atomic E-state index is 0.0197. The maximum atomic E-state index is 12.3. The fourth-order valence-corrected chi connectivity index (χ4v) is 2.44. The fourth-order valence-electron chi connectivity index (χ4n) is 2.44. The van der Waals surface area contributed by atoms with E-state index in [1.807, 2.05) is 4.90 Å². The van der Waals surface area contributed by atoms with E-state index in [-0.39, 0.29) is 18.1 Å². The Morgan fingerprint density at radius 1 is 1.39 bits per heavy atom. The molecule has 2 fully saturated rings. The number of methoxy groups -OCH3 is 2. The Labute approximate surface area is 109 Å². The Balaban J connectivity index is 1.84. The summed E-state index contributed by atoms with van der Waals surface area (Å²) >= 11 is 0. The summed E-state index contributed by atoms with van der Waals surface area (Å²) in [4.78, 5) is 14.2. The molecule has 1 saturated heterocycles. The first-order valence-corrected chi connectivity index (χ1v) is 6.81. The molecule has 0 bridgehead atoms. The highest BCUT2D eigenvalue weighted by Crippen LogP contribution is 2.22. The van der Waals surface area contributed by atoms with Gasteiger partial charge in [-0.25, -0.2) is 0 Å². The molecular formula is C13H24N2O3. The minimum atomic E-state index is -0.0291. The SMILES string of the molecule is COCC(CN1CCCC(NC2CC2)C1=O)OC. The molecule has 2 atom stereocenters. The van der Waals surface area contributed by atoms with Gasteiger partial charge in [0.15, 0.2) is 0 Å². The van der Waals surface area contributed by atoms with Crippen LogP contribution < -0.4 is 5.32 Å². The van der Waals surface area contributed by atoms with Crippen molar-refractivity contribution in [3.8, 4) is 0 Å². The van der Waals surface area contributed by atoms with Crippen LogP contribution in [0.1, 0.15) is 25.7 Å². The Hall–Kier alpha value is -0.650. The van der Waals surface area contributed by atoms with Crippen molar-refractivity contribution >= 4 is 5.91 Å². The van der Waals surface area contributed by atoms with E-state index in [4.69, 9.17) is 9.47 Å². The Morgan fingerprint density at radius 3 is 2.78 bits per heavy atom. The van der Waals surface area contributed by atoms with Crippen LogP contribution in [0.5, 0.6) is 0 Å². The standard InChI is InChI=1S/C13H24N2O3/c1-17-9-11(18-2)8-15-7-3-4-12(13(15)16)14-10-5-6-10/h10-12,14H,3-9H2,1-2H3. The first-order valence-electron chi connectivity index (χ1n) is 6.81. The lowest BCUT2D eigenvalue weighted by Gasteiger charge is -2.34. The molecule has 0 aromatic rings. The number of hydrogen-bond acceptors (Lipinski definition) is 4. The molecule has 1 heterocycles. The Morgan fingerprint density at radius 2 is 2.17 bits per heavy atom. The summed E-state index contributed by atoms with van der Waals surface area (Å²) in [5.41, 5.74) is 0. The predicted octanol–water partition coefficient (Wildman–Crippen LogP) is 0.391. The zero-order valence-corrected chi connectivity index (χ0v) is 11.4. The number of amides is 1. The third kappa shape index (κ3) is 3.67. The van der Waals surface area contributed by atoms with Crippen molar-refractivity contribution in [3.63, 3.8) is 0 Å². The van der Waals surface area contributed by atoms with Crippen molar-refractivity contribution in [1.82, 2.24) is 10.2 Å². The lowest BCUT2D eigenvalue weighted by Crippen LogP contribution is -2.53. The lowest BCUT2D eigenvalue weighted by molar-refractivity contribution is -0.138. The van der Waals surface area contributed by atoms with E-state index in [0.29, 0.717) is 19.2 Å². The molecule has 0 spiro atoms. The van der Waals surface area contributed by atoms with Crippen LogP contribution in [0.3, 0.4) is 0 Å². The summed E-state index contributed by atoms with van der Waals surface area (Å²) in [6.07, 6.45) is 4.44. The van der Waals surface area contributed by atoms with Gasteiger partial charge in [-0.15, -0.1) is 0 Å². The summed E-state index contributed by atoms with van der Waals surface area (Å²) in [5.74, 6) is 0.228. The van der Waals surface area contributed by atoms with Crippen LogP contribution in [-0.2, 0) is 14.3 Å². The van der Waals surface area contributed by atoms with Crippen LogP contribution >= 0.6 is 0 Å². The van der Waals surface area contributed by atoms with Gasteiger partial charge < -0.3 is 19.7 Å². The van der Waals surface area contributed by atoms with Crippen molar-refractivity contribution in [2.45, 2.75) is 43.9 Å². The molecule has 0 aromatic carbocycles. The number of piperidine rings is 1. The van der Waals surface area contributed by atoms with Crippen molar-refractivity contribution in [2.24, 2.45) is 0 Å². The highest BCUT2D eigenvalue weighted by atomic mass is 16.5.